The topological polar surface area (TPSA) is 71.5 Å². The highest BCUT2D eigenvalue weighted by Crippen LogP contribution is 2.20. The van der Waals surface area contributed by atoms with Crippen molar-refractivity contribution < 1.29 is 13.7 Å². The number of furan rings is 1. The molecule has 0 radical (unpaired) electrons. The number of rotatable bonds is 5. The molecule has 118 valence electrons. The van der Waals surface area contributed by atoms with Crippen LogP contribution in [0.5, 0.6) is 0 Å². The number of hydrogen-bond donors (Lipinski definition) is 1. The van der Waals surface area contributed by atoms with Crippen molar-refractivity contribution in [3.8, 4) is 0 Å². The molecule has 0 aliphatic carbocycles. The van der Waals surface area contributed by atoms with Gasteiger partial charge in [0.05, 0.1) is 6.54 Å². The largest absolute Gasteiger partial charge is 0.448 e. The van der Waals surface area contributed by atoms with Crippen molar-refractivity contribution >= 4 is 17.5 Å². The Bertz CT molecular complexity index is 603. The fourth-order valence-electron chi connectivity index (χ4n) is 2.66. The van der Waals surface area contributed by atoms with Crippen molar-refractivity contribution in [2.45, 2.75) is 19.4 Å². The molecule has 1 N–H and O–H groups in total. The van der Waals surface area contributed by atoms with Gasteiger partial charge in [0.25, 0.3) is 5.91 Å². The number of aromatic nitrogens is 1. The van der Waals surface area contributed by atoms with Crippen LogP contribution in [0.4, 0.5) is 0 Å². The Kier molecular flexibility index (Phi) is 4.80. The van der Waals surface area contributed by atoms with E-state index in [9.17, 15) is 4.79 Å². The van der Waals surface area contributed by atoms with E-state index in [0.717, 1.165) is 38.2 Å². The molecule has 3 rings (SSSR count). The molecule has 1 aliphatic rings. The van der Waals surface area contributed by atoms with Crippen LogP contribution in [-0.2, 0) is 6.54 Å². The van der Waals surface area contributed by atoms with Crippen molar-refractivity contribution in [2.24, 2.45) is 5.92 Å². The van der Waals surface area contributed by atoms with Crippen LogP contribution in [-0.4, -0.2) is 35.6 Å². The van der Waals surface area contributed by atoms with Gasteiger partial charge in [0, 0.05) is 12.6 Å². The summed E-state index contributed by atoms with van der Waals surface area (Å²) in [7, 11) is 0. The summed E-state index contributed by atoms with van der Waals surface area (Å²) in [4.78, 5) is 14.1. The summed E-state index contributed by atoms with van der Waals surface area (Å²) in [6.07, 6.45) is 3.50. The maximum atomic E-state index is 11.8. The molecule has 1 amide bonds. The van der Waals surface area contributed by atoms with Gasteiger partial charge in [-0.1, -0.05) is 5.16 Å². The molecule has 3 heterocycles. The molecule has 0 saturated carbocycles. The summed E-state index contributed by atoms with van der Waals surface area (Å²) >= 11 is 5.78. The molecular weight excluding hydrogens is 306 g/mol. The van der Waals surface area contributed by atoms with Crippen molar-refractivity contribution in [3.05, 3.63) is 41.1 Å². The first-order valence-electron chi connectivity index (χ1n) is 7.36. The third kappa shape index (κ3) is 3.90. The van der Waals surface area contributed by atoms with Crippen LogP contribution in [0, 0.1) is 5.92 Å². The lowest BCUT2D eigenvalue weighted by Gasteiger charge is -2.31. The van der Waals surface area contributed by atoms with Gasteiger partial charge in [0.2, 0.25) is 0 Å². The first kappa shape index (κ1) is 15.1. The van der Waals surface area contributed by atoms with Gasteiger partial charge < -0.3 is 14.3 Å². The average Bonchev–Trinajstić information content (AvgIpc) is 3.18. The number of carbonyl (C=O) groups is 1. The van der Waals surface area contributed by atoms with E-state index in [1.54, 1.807) is 12.1 Å². The maximum absolute atomic E-state index is 11.8. The molecule has 1 aliphatic heterocycles. The first-order chi connectivity index (χ1) is 10.7. The molecule has 22 heavy (non-hydrogen) atoms. The third-order valence-corrected chi connectivity index (χ3v) is 4.14. The maximum Gasteiger partial charge on any atom is 0.273 e. The lowest BCUT2D eigenvalue weighted by atomic mass is 9.96. The summed E-state index contributed by atoms with van der Waals surface area (Å²) in [6.45, 7) is 3.43. The average molecular weight is 324 g/mol. The van der Waals surface area contributed by atoms with E-state index in [-0.39, 0.29) is 5.91 Å². The van der Waals surface area contributed by atoms with Gasteiger partial charge >= 0.3 is 0 Å². The fourth-order valence-corrected chi connectivity index (χ4v) is 2.83. The monoisotopic (exact) mass is 323 g/mol. The molecule has 1 saturated heterocycles. The van der Waals surface area contributed by atoms with Crippen LogP contribution in [0.1, 0.15) is 29.1 Å². The Hall–Kier alpha value is -1.79. The van der Waals surface area contributed by atoms with Crippen molar-refractivity contribution in [1.29, 1.82) is 0 Å². The quantitative estimate of drug-likeness (QED) is 0.915. The SMILES string of the molecule is O=C(NCC1CCN(Cc2ccc(Cl)o2)CC1)c1ccon1. The van der Waals surface area contributed by atoms with Gasteiger partial charge in [-0.25, -0.2) is 0 Å². The minimum atomic E-state index is -0.179. The van der Waals surface area contributed by atoms with E-state index in [4.69, 9.17) is 16.0 Å². The summed E-state index contributed by atoms with van der Waals surface area (Å²) < 4.78 is 10.0. The van der Waals surface area contributed by atoms with Gasteiger partial charge in [-0.15, -0.1) is 0 Å². The van der Waals surface area contributed by atoms with E-state index in [1.165, 1.54) is 6.26 Å². The number of carbonyl (C=O) groups excluding carboxylic acids is 1. The zero-order chi connectivity index (χ0) is 15.4. The smallest absolute Gasteiger partial charge is 0.273 e. The van der Waals surface area contributed by atoms with E-state index < -0.39 is 0 Å². The van der Waals surface area contributed by atoms with E-state index in [1.807, 2.05) is 6.07 Å². The number of likely N-dealkylation sites (tertiary alicyclic amines) is 1. The Labute approximate surface area is 133 Å². The van der Waals surface area contributed by atoms with E-state index in [0.29, 0.717) is 23.4 Å². The fraction of sp³-hybridized carbons (Fsp3) is 0.467. The standard InChI is InChI=1S/C15H18ClN3O3/c16-14-2-1-12(22-14)10-19-6-3-11(4-7-19)9-17-15(20)13-5-8-21-18-13/h1-2,5,8,11H,3-4,6-7,9-10H2,(H,17,20). The highest BCUT2D eigenvalue weighted by atomic mass is 35.5. The van der Waals surface area contributed by atoms with Crippen LogP contribution in [0.15, 0.2) is 33.4 Å². The Balaban J connectivity index is 1.39. The molecule has 0 unspecified atom stereocenters. The molecule has 0 spiro atoms. The van der Waals surface area contributed by atoms with Crippen LogP contribution in [0.2, 0.25) is 5.22 Å². The number of halogens is 1. The van der Waals surface area contributed by atoms with Gasteiger partial charge in [-0.3, -0.25) is 9.69 Å². The van der Waals surface area contributed by atoms with Crippen LogP contribution in [0.3, 0.4) is 0 Å². The number of nitrogens with zero attached hydrogens (tertiary/aromatic N) is 2. The van der Waals surface area contributed by atoms with E-state index >= 15 is 0 Å². The highest BCUT2D eigenvalue weighted by Gasteiger charge is 2.21. The molecule has 0 aromatic carbocycles. The van der Waals surface area contributed by atoms with Gasteiger partial charge in [0.1, 0.15) is 12.0 Å². The summed E-state index contributed by atoms with van der Waals surface area (Å²) in [5, 5.41) is 6.96. The Morgan fingerprint density at radius 2 is 2.18 bits per heavy atom. The Morgan fingerprint density at radius 1 is 1.36 bits per heavy atom. The molecule has 7 heteroatoms. The number of hydrogen-bond acceptors (Lipinski definition) is 5. The second kappa shape index (κ2) is 6.98. The molecule has 2 aromatic heterocycles. The zero-order valence-corrected chi connectivity index (χ0v) is 12.9. The molecular formula is C15H18ClN3O3. The molecule has 2 aromatic rings. The predicted molar refractivity (Wildman–Crippen MR) is 80.6 cm³/mol. The molecule has 0 atom stereocenters. The molecule has 0 bridgehead atoms. The first-order valence-corrected chi connectivity index (χ1v) is 7.73. The minimum Gasteiger partial charge on any atom is -0.448 e. The lowest BCUT2D eigenvalue weighted by Crippen LogP contribution is -2.38. The Morgan fingerprint density at radius 3 is 2.82 bits per heavy atom. The van der Waals surface area contributed by atoms with Crippen molar-refractivity contribution in [2.75, 3.05) is 19.6 Å². The van der Waals surface area contributed by atoms with E-state index in [2.05, 4.69) is 19.9 Å². The summed E-state index contributed by atoms with van der Waals surface area (Å²) in [5.41, 5.74) is 0.326. The second-order valence-corrected chi connectivity index (χ2v) is 5.89. The third-order valence-electron chi connectivity index (χ3n) is 3.94. The summed E-state index contributed by atoms with van der Waals surface area (Å²) in [5.74, 6) is 1.21. The lowest BCUT2D eigenvalue weighted by molar-refractivity contribution is 0.0925. The number of piperidine rings is 1. The van der Waals surface area contributed by atoms with Crippen LogP contribution < -0.4 is 5.32 Å². The molecule has 1 fully saturated rings. The highest BCUT2D eigenvalue weighted by molar-refractivity contribution is 6.28. The predicted octanol–water partition coefficient (Wildman–Crippen LogP) is 2.56. The van der Waals surface area contributed by atoms with Crippen LogP contribution in [0.25, 0.3) is 0 Å². The van der Waals surface area contributed by atoms with Gasteiger partial charge in [-0.05, 0) is 55.6 Å². The van der Waals surface area contributed by atoms with Gasteiger partial charge in [0.15, 0.2) is 10.9 Å². The minimum absolute atomic E-state index is 0.179. The van der Waals surface area contributed by atoms with Crippen molar-refractivity contribution in [3.63, 3.8) is 0 Å². The summed E-state index contributed by atoms with van der Waals surface area (Å²) in [6, 6.07) is 5.24. The molecule has 6 nitrogen and oxygen atoms in total. The van der Waals surface area contributed by atoms with Crippen LogP contribution >= 0.6 is 11.6 Å². The second-order valence-electron chi connectivity index (χ2n) is 5.52. The number of nitrogens with one attached hydrogen (secondary N) is 1. The van der Waals surface area contributed by atoms with Gasteiger partial charge in [-0.2, -0.15) is 0 Å². The normalized spacial score (nSPS) is 16.8. The zero-order valence-electron chi connectivity index (χ0n) is 12.1. The number of amides is 1. The van der Waals surface area contributed by atoms with Crippen molar-refractivity contribution in [1.82, 2.24) is 15.4 Å².